The van der Waals surface area contributed by atoms with Crippen molar-refractivity contribution in [1.82, 2.24) is 10.6 Å². The Labute approximate surface area is 112 Å². The molecule has 1 rings (SSSR count). The minimum Gasteiger partial charge on any atom is -0.354 e. The van der Waals surface area contributed by atoms with Gasteiger partial charge in [-0.2, -0.15) is 0 Å². The number of hydrogen-bond acceptors (Lipinski definition) is 2. The average molecular weight is 254 g/mol. The fourth-order valence-corrected chi connectivity index (χ4v) is 2.93. The largest absolute Gasteiger partial charge is 0.354 e. The molecule has 3 nitrogen and oxygen atoms in total. The Hall–Kier alpha value is -0.570. The summed E-state index contributed by atoms with van der Waals surface area (Å²) in [6.45, 7) is 8.03. The summed E-state index contributed by atoms with van der Waals surface area (Å²) >= 11 is 0. The van der Waals surface area contributed by atoms with Gasteiger partial charge in [0.25, 0.3) is 0 Å². The van der Waals surface area contributed by atoms with Crippen molar-refractivity contribution in [3.8, 4) is 0 Å². The lowest BCUT2D eigenvalue weighted by molar-refractivity contribution is -0.125. The maximum atomic E-state index is 12.1. The molecule has 0 bridgehead atoms. The normalized spacial score (nSPS) is 19.7. The zero-order valence-electron chi connectivity index (χ0n) is 12.3. The van der Waals surface area contributed by atoms with Gasteiger partial charge in [0, 0.05) is 18.5 Å². The maximum Gasteiger partial charge on any atom is 0.223 e. The molecule has 0 spiro atoms. The molecular formula is C15H30N2O. The predicted octanol–water partition coefficient (Wildman–Crippen LogP) is 2.71. The van der Waals surface area contributed by atoms with E-state index >= 15 is 0 Å². The molecule has 106 valence electrons. The van der Waals surface area contributed by atoms with E-state index in [0.717, 1.165) is 31.8 Å². The number of nitrogens with one attached hydrogen (secondary N) is 2. The standard InChI is InChI=1S/C15H30N2O/c1-4-14(10-13-8-6-7-9-13)15(18)17-11-12(3)16-5-2/h12-14,16H,4-11H2,1-3H3,(H,17,18)/t12-,14?/m1/s1. The average Bonchev–Trinajstić information content (AvgIpc) is 2.86. The molecule has 3 heteroatoms. The summed E-state index contributed by atoms with van der Waals surface area (Å²) in [5.74, 6) is 1.28. The van der Waals surface area contributed by atoms with Crippen LogP contribution in [0, 0.1) is 11.8 Å². The highest BCUT2D eigenvalue weighted by Crippen LogP contribution is 2.31. The maximum absolute atomic E-state index is 12.1. The Balaban J connectivity index is 2.27. The Morgan fingerprint density at radius 1 is 1.28 bits per heavy atom. The smallest absolute Gasteiger partial charge is 0.223 e. The summed E-state index contributed by atoms with van der Waals surface area (Å²) < 4.78 is 0. The van der Waals surface area contributed by atoms with Crippen molar-refractivity contribution >= 4 is 5.91 Å². The molecule has 0 aliphatic heterocycles. The molecule has 0 heterocycles. The van der Waals surface area contributed by atoms with Gasteiger partial charge in [-0.25, -0.2) is 0 Å². The molecule has 1 saturated carbocycles. The second-order valence-electron chi connectivity index (χ2n) is 5.70. The number of carbonyl (C=O) groups is 1. The molecule has 1 aliphatic rings. The lowest BCUT2D eigenvalue weighted by Gasteiger charge is -2.20. The third-order valence-corrected chi connectivity index (χ3v) is 4.09. The van der Waals surface area contributed by atoms with Gasteiger partial charge >= 0.3 is 0 Å². The van der Waals surface area contributed by atoms with Gasteiger partial charge < -0.3 is 10.6 Å². The molecule has 0 radical (unpaired) electrons. The summed E-state index contributed by atoms with van der Waals surface area (Å²) in [6, 6.07) is 0.364. The van der Waals surface area contributed by atoms with Crippen LogP contribution in [0.4, 0.5) is 0 Å². The van der Waals surface area contributed by atoms with E-state index in [9.17, 15) is 4.79 Å². The van der Waals surface area contributed by atoms with Crippen LogP contribution in [-0.4, -0.2) is 25.0 Å². The number of amides is 1. The molecule has 0 saturated heterocycles. The molecule has 2 atom stereocenters. The van der Waals surface area contributed by atoms with Crippen LogP contribution >= 0.6 is 0 Å². The number of hydrogen-bond donors (Lipinski definition) is 2. The van der Waals surface area contributed by atoms with Crippen LogP contribution in [0.15, 0.2) is 0 Å². The molecule has 0 aromatic rings. The van der Waals surface area contributed by atoms with Gasteiger partial charge in [0.15, 0.2) is 0 Å². The fraction of sp³-hybridized carbons (Fsp3) is 0.933. The Bertz CT molecular complexity index is 237. The van der Waals surface area contributed by atoms with Gasteiger partial charge in [-0.1, -0.05) is 39.5 Å². The van der Waals surface area contributed by atoms with E-state index in [-0.39, 0.29) is 11.8 Å². The predicted molar refractivity (Wildman–Crippen MR) is 76.5 cm³/mol. The van der Waals surface area contributed by atoms with Crippen LogP contribution < -0.4 is 10.6 Å². The molecule has 0 aromatic heterocycles. The van der Waals surface area contributed by atoms with Crippen molar-refractivity contribution in [3.05, 3.63) is 0 Å². The van der Waals surface area contributed by atoms with Gasteiger partial charge in [-0.3, -0.25) is 4.79 Å². The quantitative estimate of drug-likeness (QED) is 0.699. The first-order valence-electron chi connectivity index (χ1n) is 7.68. The van der Waals surface area contributed by atoms with Crippen molar-refractivity contribution in [2.75, 3.05) is 13.1 Å². The topological polar surface area (TPSA) is 41.1 Å². The monoisotopic (exact) mass is 254 g/mol. The third kappa shape index (κ3) is 5.38. The summed E-state index contributed by atoms with van der Waals surface area (Å²) in [5.41, 5.74) is 0. The number of rotatable bonds is 8. The molecule has 1 aliphatic carbocycles. The highest BCUT2D eigenvalue weighted by Gasteiger charge is 2.23. The van der Waals surface area contributed by atoms with Crippen molar-refractivity contribution < 1.29 is 4.79 Å². The van der Waals surface area contributed by atoms with Gasteiger partial charge in [0.2, 0.25) is 5.91 Å². The second-order valence-corrected chi connectivity index (χ2v) is 5.70. The van der Waals surface area contributed by atoms with Crippen molar-refractivity contribution in [3.63, 3.8) is 0 Å². The highest BCUT2D eigenvalue weighted by atomic mass is 16.1. The van der Waals surface area contributed by atoms with E-state index < -0.39 is 0 Å². The summed E-state index contributed by atoms with van der Waals surface area (Å²) in [7, 11) is 0. The molecule has 0 aromatic carbocycles. The van der Waals surface area contributed by atoms with E-state index in [0.29, 0.717) is 6.04 Å². The first-order chi connectivity index (χ1) is 8.67. The van der Waals surface area contributed by atoms with E-state index in [2.05, 4.69) is 31.4 Å². The van der Waals surface area contributed by atoms with Crippen molar-refractivity contribution in [1.29, 1.82) is 0 Å². The third-order valence-electron chi connectivity index (χ3n) is 4.09. The molecule has 2 N–H and O–H groups in total. The van der Waals surface area contributed by atoms with E-state index in [4.69, 9.17) is 0 Å². The minimum atomic E-state index is 0.224. The van der Waals surface area contributed by atoms with Crippen LogP contribution in [0.1, 0.15) is 59.3 Å². The van der Waals surface area contributed by atoms with E-state index in [1.54, 1.807) is 0 Å². The number of likely N-dealkylation sites (N-methyl/N-ethyl adjacent to an activating group) is 1. The highest BCUT2D eigenvalue weighted by molar-refractivity contribution is 5.78. The first kappa shape index (κ1) is 15.5. The van der Waals surface area contributed by atoms with Gasteiger partial charge in [-0.05, 0) is 32.2 Å². The lowest BCUT2D eigenvalue weighted by Crippen LogP contribution is -2.41. The van der Waals surface area contributed by atoms with E-state index in [1.807, 2.05) is 0 Å². The number of carbonyl (C=O) groups excluding carboxylic acids is 1. The van der Waals surface area contributed by atoms with Crippen LogP contribution in [0.5, 0.6) is 0 Å². The minimum absolute atomic E-state index is 0.224. The van der Waals surface area contributed by atoms with Crippen LogP contribution in [0.25, 0.3) is 0 Å². The fourth-order valence-electron chi connectivity index (χ4n) is 2.93. The van der Waals surface area contributed by atoms with Crippen molar-refractivity contribution in [2.24, 2.45) is 11.8 Å². The molecule has 18 heavy (non-hydrogen) atoms. The molecular weight excluding hydrogens is 224 g/mol. The van der Waals surface area contributed by atoms with Crippen molar-refractivity contribution in [2.45, 2.75) is 65.3 Å². The molecule has 1 fully saturated rings. The first-order valence-corrected chi connectivity index (χ1v) is 7.68. The van der Waals surface area contributed by atoms with Gasteiger partial charge in [-0.15, -0.1) is 0 Å². The van der Waals surface area contributed by atoms with E-state index in [1.165, 1.54) is 25.7 Å². The Morgan fingerprint density at radius 3 is 2.50 bits per heavy atom. The summed E-state index contributed by atoms with van der Waals surface area (Å²) in [6.07, 6.45) is 7.45. The molecule has 1 unspecified atom stereocenters. The zero-order valence-corrected chi connectivity index (χ0v) is 12.3. The van der Waals surface area contributed by atoms with Gasteiger partial charge in [0.05, 0.1) is 0 Å². The van der Waals surface area contributed by atoms with Gasteiger partial charge in [0.1, 0.15) is 0 Å². The lowest BCUT2D eigenvalue weighted by atomic mass is 9.91. The molecule has 1 amide bonds. The zero-order chi connectivity index (χ0) is 13.4. The summed E-state index contributed by atoms with van der Waals surface area (Å²) in [5, 5.41) is 6.41. The van der Waals surface area contributed by atoms with Crippen LogP contribution in [0.2, 0.25) is 0 Å². The Morgan fingerprint density at radius 2 is 1.94 bits per heavy atom. The summed E-state index contributed by atoms with van der Waals surface area (Å²) in [4.78, 5) is 12.1. The van der Waals surface area contributed by atoms with Crippen LogP contribution in [-0.2, 0) is 4.79 Å². The Kier molecular flexibility index (Phi) is 7.33. The van der Waals surface area contributed by atoms with Crippen LogP contribution in [0.3, 0.4) is 0 Å². The second kappa shape index (κ2) is 8.52. The SMILES string of the molecule is CCN[C@H](C)CNC(=O)C(CC)CC1CCCC1.